The summed E-state index contributed by atoms with van der Waals surface area (Å²) < 4.78 is 8.88. The molecule has 0 saturated heterocycles. The van der Waals surface area contributed by atoms with Crippen LogP contribution in [0.3, 0.4) is 0 Å². The van der Waals surface area contributed by atoms with Gasteiger partial charge in [-0.2, -0.15) is 0 Å². The third-order valence-electron chi connectivity index (χ3n) is 3.30. The van der Waals surface area contributed by atoms with E-state index in [2.05, 4.69) is 19.0 Å². The summed E-state index contributed by atoms with van der Waals surface area (Å²) in [6.07, 6.45) is 13.1. The topological polar surface area (TPSA) is 81.0 Å². The first kappa shape index (κ1) is 18.1. The molecule has 0 aliphatic heterocycles. The number of rotatable bonds is 1. The van der Waals surface area contributed by atoms with Crippen LogP contribution < -0.4 is 0 Å². The average Bonchev–Trinajstić information content (AvgIpc) is 2.23. The minimum absolute atomic E-state index is 0.859. The lowest BCUT2D eigenvalue weighted by Crippen LogP contribution is -2.27. The van der Waals surface area contributed by atoms with E-state index >= 15 is 0 Å². The van der Waals surface area contributed by atoms with Crippen molar-refractivity contribution in [3.05, 3.63) is 0 Å². The summed E-state index contributed by atoms with van der Waals surface area (Å²) in [5, 5.41) is 0. The Labute approximate surface area is 110 Å². The van der Waals surface area contributed by atoms with Gasteiger partial charge in [0.15, 0.2) is 0 Å². The Hall–Kier alpha value is 0.0700. The monoisotopic (exact) mass is 281 g/mol. The van der Waals surface area contributed by atoms with Gasteiger partial charge >= 0.3 is 7.82 Å². The smallest absolute Gasteiger partial charge is 0.306 e. The van der Waals surface area contributed by atoms with E-state index < -0.39 is 7.82 Å². The van der Waals surface area contributed by atoms with Gasteiger partial charge in [0.1, 0.15) is 0 Å². The highest BCUT2D eigenvalue weighted by molar-refractivity contribution is 7.45. The molecule has 1 aliphatic rings. The van der Waals surface area contributed by atoms with E-state index in [1.54, 1.807) is 0 Å². The molecule has 6 heteroatoms. The minimum Gasteiger partial charge on any atom is -0.306 e. The molecule has 1 fully saturated rings. The van der Waals surface area contributed by atoms with Crippen molar-refractivity contribution in [2.75, 3.05) is 14.1 Å². The zero-order valence-corrected chi connectivity index (χ0v) is 12.5. The Morgan fingerprint density at radius 2 is 1.11 bits per heavy atom. The van der Waals surface area contributed by atoms with Crippen LogP contribution in [0.5, 0.6) is 0 Å². The lowest BCUT2D eigenvalue weighted by Gasteiger charge is -2.25. The third-order valence-corrected chi connectivity index (χ3v) is 3.30. The van der Waals surface area contributed by atoms with E-state index in [-0.39, 0.29) is 0 Å². The molecule has 0 radical (unpaired) electrons. The first-order chi connectivity index (χ1) is 8.30. The first-order valence-electron chi connectivity index (χ1n) is 6.75. The molecule has 1 aliphatic carbocycles. The Morgan fingerprint density at radius 1 is 0.833 bits per heavy atom. The highest BCUT2D eigenvalue weighted by Gasteiger charge is 2.11. The van der Waals surface area contributed by atoms with Crippen molar-refractivity contribution < 1.29 is 19.2 Å². The fourth-order valence-corrected chi connectivity index (χ4v) is 2.30. The molecule has 1 saturated carbocycles. The zero-order valence-electron chi connectivity index (χ0n) is 11.6. The van der Waals surface area contributed by atoms with Crippen LogP contribution in [-0.2, 0) is 4.57 Å². The van der Waals surface area contributed by atoms with E-state index in [0.717, 1.165) is 6.04 Å². The molecule has 0 amide bonds. The number of phosphoric acid groups is 1. The molecule has 0 aromatic rings. The lowest BCUT2D eigenvalue weighted by molar-refractivity contribution is 0.248. The fourth-order valence-electron chi connectivity index (χ4n) is 2.30. The van der Waals surface area contributed by atoms with Crippen molar-refractivity contribution in [2.24, 2.45) is 0 Å². The predicted molar refractivity (Wildman–Crippen MR) is 73.3 cm³/mol. The third kappa shape index (κ3) is 14.1. The van der Waals surface area contributed by atoms with Gasteiger partial charge in [0.25, 0.3) is 0 Å². The van der Waals surface area contributed by atoms with Crippen molar-refractivity contribution >= 4 is 7.82 Å². The normalized spacial score (nSPS) is 20.1. The molecule has 18 heavy (non-hydrogen) atoms. The van der Waals surface area contributed by atoms with E-state index in [1.165, 1.54) is 57.8 Å². The zero-order chi connectivity index (χ0) is 14.0. The van der Waals surface area contributed by atoms with Crippen LogP contribution >= 0.6 is 7.82 Å². The molecule has 0 unspecified atom stereocenters. The van der Waals surface area contributed by atoms with Crippen LogP contribution in [0, 0.1) is 0 Å². The molecule has 0 heterocycles. The summed E-state index contributed by atoms with van der Waals surface area (Å²) in [4.78, 5) is 24.0. The molecule has 0 aromatic heterocycles. The molecule has 5 nitrogen and oxygen atoms in total. The standard InChI is InChI=1S/C12H25N.H3O4P/c1-13(2)12-10-8-6-4-3-5-7-9-11-12;1-5(2,3)4/h12H,3-11H2,1-2H3;(H3,1,2,3,4). The van der Waals surface area contributed by atoms with Crippen LogP contribution in [-0.4, -0.2) is 39.7 Å². The van der Waals surface area contributed by atoms with Crippen LogP contribution in [0.4, 0.5) is 0 Å². The fraction of sp³-hybridized carbons (Fsp3) is 1.00. The van der Waals surface area contributed by atoms with Gasteiger partial charge in [-0.25, -0.2) is 4.57 Å². The van der Waals surface area contributed by atoms with Gasteiger partial charge in [0, 0.05) is 6.04 Å². The quantitative estimate of drug-likeness (QED) is 0.643. The average molecular weight is 281 g/mol. The Morgan fingerprint density at radius 3 is 1.39 bits per heavy atom. The maximum Gasteiger partial charge on any atom is 0.466 e. The van der Waals surface area contributed by atoms with Gasteiger partial charge in [-0.05, 0) is 26.9 Å². The van der Waals surface area contributed by atoms with Crippen molar-refractivity contribution in [2.45, 2.75) is 63.8 Å². The van der Waals surface area contributed by atoms with Gasteiger partial charge < -0.3 is 19.6 Å². The Balaban J connectivity index is 0.000000494. The molecule has 0 spiro atoms. The largest absolute Gasteiger partial charge is 0.466 e. The second-order valence-electron chi connectivity index (χ2n) is 5.18. The lowest BCUT2D eigenvalue weighted by atomic mass is 9.97. The minimum atomic E-state index is -4.64. The number of hydrogen-bond acceptors (Lipinski definition) is 2. The van der Waals surface area contributed by atoms with Crippen LogP contribution in [0.25, 0.3) is 0 Å². The van der Waals surface area contributed by atoms with Gasteiger partial charge in [-0.1, -0.05) is 44.9 Å². The number of nitrogens with zero attached hydrogens (tertiary/aromatic N) is 1. The van der Waals surface area contributed by atoms with Crippen molar-refractivity contribution in [3.8, 4) is 0 Å². The van der Waals surface area contributed by atoms with Crippen molar-refractivity contribution in [1.29, 1.82) is 0 Å². The van der Waals surface area contributed by atoms with Gasteiger partial charge in [-0.3, -0.25) is 0 Å². The first-order valence-corrected chi connectivity index (χ1v) is 8.32. The van der Waals surface area contributed by atoms with Crippen molar-refractivity contribution in [1.82, 2.24) is 4.90 Å². The van der Waals surface area contributed by atoms with Gasteiger partial charge in [-0.15, -0.1) is 0 Å². The molecule has 0 atom stereocenters. The predicted octanol–water partition coefficient (Wildman–Crippen LogP) is 2.51. The van der Waals surface area contributed by atoms with Crippen molar-refractivity contribution in [3.63, 3.8) is 0 Å². The van der Waals surface area contributed by atoms with Gasteiger partial charge in [0.05, 0.1) is 0 Å². The van der Waals surface area contributed by atoms with E-state index in [1.807, 2.05) is 0 Å². The second kappa shape index (κ2) is 9.93. The van der Waals surface area contributed by atoms with Crippen LogP contribution in [0.2, 0.25) is 0 Å². The Bertz CT molecular complexity index is 224. The second-order valence-corrected chi connectivity index (χ2v) is 6.21. The summed E-state index contributed by atoms with van der Waals surface area (Å²) >= 11 is 0. The summed E-state index contributed by atoms with van der Waals surface area (Å²) in [7, 11) is -0.174. The molecular formula is C12H28NO4P. The molecule has 1 rings (SSSR count). The van der Waals surface area contributed by atoms with Crippen LogP contribution in [0.1, 0.15) is 57.8 Å². The maximum atomic E-state index is 8.88. The Kier molecular flexibility index (Phi) is 9.97. The van der Waals surface area contributed by atoms with Crippen LogP contribution in [0.15, 0.2) is 0 Å². The molecule has 110 valence electrons. The molecule has 3 N–H and O–H groups in total. The molecule has 0 bridgehead atoms. The maximum absolute atomic E-state index is 8.88. The summed E-state index contributed by atoms with van der Waals surface area (Å²) in [5.74, 6) is 0. The molecule has 0 aromatic carbocycles. The van der Waals surface area contributed by atoms with Gasteiger partial charge in [0.2, 0.25) is 0 Å². The summed E-state index contributed by atoms with van der Waals surface area (Å²) in [6.45, 7) is 0. The summed E-state index contributed by atoms with van der Waals surface area (Å²) in [5.41, 5.74) is 0. The summed E-state index contributed by atoms with van der Waals surface area (Å²) in [6, 6.07) is 0.859. The molecular weight excluding hydrogens is 253 g/mol. The van der Waals surface area contributed by atoms with E-state index in [0.29, 0.717) is 0 Å². The van der Waals surface area contributed by atoms with E-state index in [9.17, 15) is 0 Å². The number of hydrogen-bond donors (Lipinski definition) is 3. The van der Waals surface area contributed by atoms with E-state index in [4.69, 9.17) is 19.2 Å². The highest BCUT2D eigenvalue weighted by Crippen LogP contribution is 2.25. The highest BCUT2D eigenvalue weighted by atomic mass is 31.2. The SMILES string of the molecule is CN(C)C1CCCCCCCCC1.O=P(O)(O)O.